The van der Waals surface area contributed by atoms with Gasteiger partial charge in [0, 0.05) is 31.2 Å². The highest BCUT2D eigenvalue weighted by Crippen LogP contribution is 2.31. The third-order valence-electron chi connectivity index (χ3n) is 7.84. The summed E-state index contributed by atoms with van der Waals surface area (Å²) in [5, 5.41) is 0.419. The zero-order valence-corrected chi connectivity index (χ0v) is 23.9. The maximum absolute atomic E-state index is 13.4. The Morgan fingerprint density at radius 3 is 2.67 bits per heavy atom. The molecule has 1 fully saturated rings. The number of likely N-dealkylation sites (N-methyl/N-ethyl adjacent to an activating group) is 1. The Morgan fingerprint density at radius 2 is 1.93 bits per heavy atom. The molecular formula is C32H33FN6O3. The number of nitrogens with one attached hydrogen (secondary N) is 1. The van der Waals surface area contributed by atoms with Crippen molar-refractivity contribution in [1.29, 1.82) is 0 Å². The Bertz CT molecular complexity index is 1830. The molecule has 2 aromatic heterocycles. The van der Waals surface area contributed by atoms with Crippen molar-refractivity contribution in [3.63, 3.8) is 0 Å². The van der Waals surface area contributed by atoms with Crippen LogP contribution in [-0.4, -0.2) is 75.1 Å². The lowest BCUT2D eigenvalue weighted by Crippen LogP contribution is -2.34. The number of amides is 1. The average Bonchev–Trinajstić information content (AvgIpc) is 3.64. The van der Waals surface area contributed by atoms with Crippen molar-refractivity contribution >= 4 is 27.8 Å². The number of rotatable bonds is 8. The molecule has 1 saturated heterocycles. The number of imidazole rings is 1. The molecule has 1 atom stereocenters. The van der Waals surface area contributed by atoms with E-state index in [9.17, 15) is 14.0 Å². The van der Waals surface area contributed by atoms with Crippen LogP contribution in [-0.2, 0) is 6.54 Å². The zero-order chi connectivity index (χ0) is 29.4. The Balaban J connectivity index is 1.38. The molecule has 216 valence electrons. The van der Waals surface area contributed by atoms with E-state index < -0.39 is 0 Å². The van der Waals surface area contributed by atoms with Crippen molar-refractivity contribution < 1.29 is 13.9 Å². The number of carbonyl (C=O) groups excluding carboxylic acids is 1. The monoisotopic (exact) mass is 568 g/mol. The fraction of sp³-hybridized carbons (Fsp3) is 0.312. The summed E-state index contributed by atoms with van der Waals surface area (Å²) in [5.41, 5.74) is 3.62. The highest BCUT2D eigenvalue weighted by atomic mass is 19.1. The van der Waals surface area contributed by atoms with E-state index >= 15 is 0 Å². The molecule has 42 heavy (non-hydrogen) atoms. The molecule has 1 N–H and O–H groups in total. The van der Waals surface area contributed by atoms with Crippen molar-refractivity contribution in [2.45, 2.75) is 32.4 Å². The van der Waals surface area contributed by atoms with Crippen LogP contribution in [0.4, 0.5) is 4.39 Å². The van der Waals surface area contributed by atoms with Crippen molar-refractivity contribution in [2.75, 3.05) is 33.8 Å². The molecule has 9 nitrogen and oxygen atoms in total. The summed E-state index contributed by atoms with van der Waals surface area (Å²) in [5.74, 6) is 0.527. The smallest absolute Gasteiger partial charge is 0.259 e. The predicted molar refractivity (Wildman–Crippen MR) is 160 cm³/mol. The van der Waals surface area contributed by atoms with Crippen LogP contribution in [0.2, 0.25) is 0 Å². The molecule has 0 unspecified atom stereocenters. The second kappa shape index (κ2) is 11.4. The number of benzene rings is 3. The van der Waals surface area contributed by atoms with Gasteiger partial charge in [0.1, 0.15) is 17.4 Å². The van der Waals surface area contributed by atoms with Crippen LogP contribution in [0.5, 0.6) is 5.75 Å². The zero-order valence-electron chi connectivity index (χ0n) is 23.9. The Labute approximate surface area is 242 Å². The molecule has 0 saturated carbocycles. The van der Waals surface area contributed by atoms with Gasteiger partial charge in [-0.05, 0) is 75.0 Å². The summed E-state index contributed by atoms with van der Waals surface area (Å²) in [7, 11) is 4.06. The summed E-state index contributed by atoms with van der Waals surface area (Å²) in [4.78, 5) is 43.1. The lowest BCUT2D eigenvalue weighted by Gasteiger charge is -2.21. The molecule has 0 spiro atoms. The van der Waals surface area contributed by atoms with Crippen molar-refractivity contribution in [1.82, 2.24) is 29.3 Å². The van der Waals surface area contributed by atoms with Crippen molar-refractivity contribution in [2.24, 2.45) is 0 Å². The molecule has 1 aliphatic heterocycles. The average molecular weight is 569 g/mol. The summed E-state index contributed by atoms with van der Waals surface area (Å²) in [6.45, 7) is 4.35. The lowest BCUT2D eigenvalue weighted by atomic mass is 10.1. The third kappa shape index (κ3) is 5.37. The highest BCUT2D eigenvalue weighted by Gasteiger charge is 2.28. The van der Waals surface area contributed by atoms with E-state index in [1.807, 2.05) is 30.5 Å². The number of hydrogen-bond acceptors (Lipinski definition) is 6. The second-order valence-corrected chi connectivity index (χ2v) is 11.0. The van der Waals surface area contributed by atoms with Gasteiger partial charge in [0.05, 0.1) is 40.4 Å². The summed E-state index contributed by atoms with van der Waals surface area (Å²) in [6.07, 6.45) is 3.43. The minimum absolute atomic E-state index is 0.0563. The normalized spacial score (nSPS) is 15.3. The van der Waals surface area contributed by atoms with Gasteiger partial charge in [0.15, 0.2) is 0 Å². The van der Waals surface area contributed by atoms with Gasteiger partial charge in [-0.15, -0.1) is 0 Å². The molecule has 6 rings (SSSR count). The topological polar surface area (TPSA) is 96.3 Å². The van der Waals surface area contributed by atoms with Crippen LogP contribution >= 0.6 is 0 Å². The van der Waals surface area contributed by atoms with Gasteiger partial charge in [0.25, 0.3) is 11.5 Å². The fourth-order valence-corrected chi connectivity index (χ4v) is 5.45. The maximum atomic E-state index is 13.4. The van der Waals surface area contributed by atoms with Crippen molar-refractivity contribution in [3.05, 3.63) is 88.2 Å². The number of carbonyl (C=O) groups is 1. The number of nitrogens with zero attached hydrogens (tertiary/aromatic N) is 5. The molecule has 10 heteroatoms. The molecule has 1 aliphatic rings. The fourth-order valence-electron chi connectivity index (χ4n) is 5.45. The van der Waals surface area contributed by atoms with Gasteiger partial charge >= 0.3 is 0 Å². The second-order valence-electron chi connectivity index (χ2n) is 11.0. The first-order valence-electron chi connectivity index (χ1n) is 14.2. The molecular weight excluding hydrogens is 535 g/mol. The summed E-state index contributed by atoms with van der Waals surface area (Å²) in [6, 6.07) is 15.5. The number of aromatic nitrogens is 4. The standard InChI is InChI=1S/C32H33FN6O3/c1-4-13-42-29-10-7-21(32(41)38-12-11-23(18-38)37(2)3)14-25(29)30-35-26-16-27-28(15-24(26)31(40)36-30)39(19-34-27)17-20-5-8-22(33)9-6-20/h5-10,14-16,19,23H,4,11-13,17-18H2,1-3H3,(H,35,36,40)/t23-/m0/s1. The predicted octanol–water partition coefficient (Wildman–Crippen LogP) is 4.69. The van der Waals surface area contributed by atoms with E-state index in [4.69, 9.17) is 9.72 Å². The van der Waals surface area contributed by atoms with Crippen LogP contribution in [0, 0.1) is 5.82 Å². The van der Waals surface area contributed by atoms with Gasteiger partial charge < -0.3 is 24.1 Å². The Hall–Kier alpha value is -4.57. The quantitative estimate of drug-likeness (QED) is 0.292. The number of halogens is 1. The molecule has 3 heterocycles. The van der Waals surface area contributed by atoms with E-state index in [2.05, 4.69) is 14.9 Å². The SMILES string of the molecule is CCCOc1ccc(C(=O)N2CC[C@H](N(C)C)C2)cc1-c1nc2cc3ncn(Cc4ccc(F)cc4)c3cc2c(=O)[nH]1. The molecule has 3 aromatic carbocycles. The van der Waals surface area contributed by atoms with Gasteiger partial charge in [-0.25, -0.2) is 14.4 Å². The first-order valence-corrected chi connectivity index (χ1v) is 14.2. The van der Waals surface area contributed by atoms with Crippen molar-refractivity contribution in [3.8, 4) is 17.1 Å². The van der Waals surface area contributed by atoms with E-state index in [1.165, 1.54) is 12.1 Å². The summed E-state index contributed by atoms with van der Waals surface area (Å²) >= 11 is 0. The highest BCUT2D eigenvalue weighted by molar-refractivity contribution is 5.97. The van der Waals surface area contributed by atoms with E-state index in [0.717, 1.165) is 23.9 Å². The first-order chi connectivity index (χ1) is 20.3. The van der Waals surface area contributed by atoms with Crippen LogP contribution < -0.4 is 10.3 Å². The molecule has 1 amide bonds. The molecule has 0 radical (unpaired) electrons. The molecule has 5 aromatic rings. The largest absolute Gasteiger partial charge is 0.493 e. The third-order valence-corrected chi connectivity index (χ3v) is 7.84. The van der Waals surface area contributed by atoms with E-state index in [-0.39, 0.29) is 17.3 Å². The number of aromatic amines is 1. The number of H-pyrrole nitrogens is 1. The lowest BCUT2D eigenvalue weighted by molar-refractivity contribution is 0.0783. The molecule has 0 aliphatic carbocycles. The number of fused-ring (bicyclic) bond motifs is 2. The van der Waals surface area contributed by atoms with Crippen LogP contribution in [0.15, 0.2) is 65.7 Å². The van der Waals surface area contributed by atoms with Gasteiger partial charge in [-0.1, -0.05) is 19.1 Å². The number of likely N-dealkylation sites (tertiary alicyclic amines) is 1. The van der Waals surface area contributed by atoms with Crippen LogP contribution in [0.25, 0.3) is 33.3 Å². The van der Waals surface area contributed by atoms with E-state index in [0.29, 0.717) is 71.4 Å². The van der Waals surface area contributed by atoms with E-state index in [1.54, 1.807) is 48.8 Å². The number of ether oxygens (including phenoxy) is 1. The minimum atomic E-state index is -0.307. The Morgan fingerprint density at radius 1 is 1.12 bits per heavy atom. The molecule has 0 bridgehead atoms. The minimum Gasteiger partial charge on any atom is -0.493 e. The Kier molecular flexibility index (Phi) is 7.47. The maximum Gasteiger partial charge on any atom is 0.259 e. The van der Waals surface area contributed by atoms with Gasteiger partial charge in [0.2, 0.25) is 0 Å². The van der Waals surface area contributed by atoms with Crippen LogP contribution in [0.1, 0.15) is 35.7 Å². The van der Waals surface area contributed by atoms with Crippen LogP contribution in [0.3, 0.4) is 0 Å². The number of hydrogen-bond donors (Lipinski definition) is 1. The van der Waals surface area contributed by atoms with Gasteiger partial charge in [-0.2, -0.15) is 0 Å². The van der Waals surface area contributed by atoms with Gasteiger partial charge in [-0.3, -0.25) is 9.59 Å². The first kappa shape index (κ1) is 27.6. The summed E-state index contributed by atoms with van der Waals surface area (Å²) < 4.78 is 21.3.